The molecule has 0 atom stereocenters. The second kappa shape index (κ2) is 8.25. The topological polar surface area (TPSA) is 65.6 Å². The zero-order valence-corrected chi connectivity index (χ0v) is 17.5. The van der Waals surface area contributed by atoms with Crippen molar-refractivity contribution >= 4 is 33.3 Å². The minimum atomic E-state index is 0.00312. The molecule has 0 saturated heterocycles. The zero-order valence-electron chi connectivity index (χ0n) is 15.9. The average Bonchev–Trinajstić information content (AvgIpc) is 3.34. The van der Waals surface area contributed by atoms with Crippen molar-refractivity contribution in [2.45, 2.75) is 17.5 Å². The highest BCUT2D eigenvalue weighted by Crippen LogP contribution is 2.26. The standard InChI is InChI=1S/C22H17N5OS2/c28-22-26(18-10-4-5-11-19(18)30-22)14-20-24-25-21(27(20)17-8-2-1-3-9-17)29-15-16-7-6-12-23-13-16/h1-13H,14-15H2. The molecule has 0 aliphatic rings. The van der Waals surface area contributed by atoms with Gasteiger partial charge < -0.3 is 0 Å². The maximum absolute atomic E-state index is 12.6. The van der Waals surface area contributed by atoms with Crippen molar-refractivity contribution in [3.05, 3.63) is 100 Å². The minimum Gasteiger partial charge on any atom is -0.291 e. The van der Waals surface area contributed by atoms with Crippen LogP contribution in [-0.4, -0.2) is 24.3 Å². The van der Waals surface area contributed by atoms with E-state index in [9.17, 15) is 4.79 Å². The molecule has 5 rings (SSSR count). The van der Waals surface area contributed by atoms with Gasteiger partial charge in [-0.05, 0) is 35.9 Å². The summed E-state index contributed by atoms with van der Waals surface area (Å²) in [5.41, 5.74) is 3.00. The van der Waals surface area contributed by atoms with Gasteiger partial charge in [-0.25, -0.2) is 0 Å². The number of fused-ring (bicyclic) bond motifs is 1. The number of hydrogen-bond acceptors (Lipinski definition) is 6. The molecule has 3 heterocycles. The van der Waals surface area contributed by atoms with E-state index >= 15 is 0 Å². The van der Waals surface area contributed by atoms with Crippen LogP contribution in [0.3, 0.4) is 0 Å². The van der Waals surface area contributed by atoms with Crippen LogP contribution in [0.2, 0.25) is 0 Å². The van der Waals surface area contributed by atoms with Gasteiger partial charge in [0.05, 0.1) is 16.8 Å². The number of thiazole rings is 1. The summed E-state index contributed by atoms with van der Waals surface area (Å²) in [5.74, 6) is 1.46. The maximum atomic E-state index is 12.6. The van der Waals surface area contributed by atoms with Gasteiger partial charge in [0.2, 0.25) is 0 Å². The van der Waals surface area contributed by atoms with Crippen molar-refractivity contribution in [2.24, 2.45) is 0 Å². The van der Waals surface area contributed by atoms with Crippen LogP contribution in [0.15, 0.2) is 89.1 Å². The fraction of sp³-hybridized carbons (Fsp3) is 0.0909. The Morgan fingerprint density at radius 1 is 0.933 bits per heavy atom. The molecule has 0 radical (unpaired) electrons. The third-order valence-electron chi connectivity index (χ3n) is 4.68. The summed E-state index contributed by atoms with van der Waals surface area (Å²) in [5, 5.41) is 9.68. The van der Waals surface area contributed by atoms with E-state index in [-0.39, 0.29) is 4.87 Å². The predicted octanol–water partition coefficient (Wildman–Crippen LogP) is 4.38. The van der Waals surface area contributed by atoms with E-state index in [1.54, 1.807) is 22.5 Å². The van der Waals surface area contributed by atoms with E-state index in [2.05, 4.69) is 15.2 Å². The van der Waals surface area contributed by atoms with Crippen molar-refractivity contribution in [1.82, 2.24) is 24.3 Å². The third-order valence-corrected chi connectivity index (χ3v) is 6.64. The van der Waals surface area contributed by atoms with Gasteiger partial charge in [0.15, 0.2) is 11.0 Å². The molecule has 0 unspecified atom stereocenters. The van der Waals surface area contributed by atoms with Crippen LogP contribution in [0.25, 0.3) is 15.9 Å². The Labute approximate surface area is 180 Å². The van der Waals surface area contributed by atoms with Crippen molar-refractivity contribution in [3.8, 4) is 5.69 Å². The monoisotopic (exact) mass is 431 g/mol. The van der Waals surface area contributed by atoms with Gasteiger partial charge in [-0.3, -0.25) is 18.9 Å². The normalized spacial score (nSPS) is 11.2. The molecule has 0 N–H and O–H groups in total. The summed E-state index contributed by atoms with van der Waals surface area (Å²) in [6.45, 7) is 0.359. The Morgan fingerprint density at radius 3 is 2.60 bits per heavy atom. The number of rotatable bonds is 6. The molecule has 5 aromatic rings. The number of aromatic nitrogens is 5. The zero-order chi connectivity index (χ0) is 20.3. The molecule has 0 fully saturated rings. The van der Waals surface area contributed by atoms with Crippen molar-refractivity contribution in [2.75, 3.05) is 0 Å². The Morgan fingerprint density at radius 2 is 1.77 bits per heavy atom. The van der Waals surface area contributed by atoms with Crippen LogP contribution >= 0.6 is 23.1 Å². The Hall–Kier alpha value is -3.23. The Bertz CT molecular complexity index is 1340. The summed E-state index contributed by atoms with van der Waals surface area (Å²) >= 11 is 2.85. The molecule has 0 spiro atoms. The molecule has 0 amide bonds. The lowest BCUT2D eigenvalue weighted by atomic mass is 10.3. The molecule has 2 aromatic carbocycles. The molecule has 148 valence electrons. The molecule has 8 heteroatoms. The number of hydrogen-bond donors (Lipinski definition) is 0. The summed E-state index contributed by atoms with van der Waals surface area (Å²) in [7, 11) is 0. The number of pyridine rings is 1. The largest absolute Gasteiger partial charge is 0.308 e. The summed E-state index contributed by atoms with van der Waals surface area (Å²) in [6, 6.07) is 21.8. The van der Waals surface area contributed by atoms with E-state index in [1.165, 1.54) is 11.3 Å². The quantitative estimate of drug-likeness (QED) is 0.373. The van der Waals surface area contributed by atoms with Gasteiger partial charge in [-0.2, -0.15) is 0 Å². The highest BCUT2D eigenvalue weighted by Gasteiger charge is 2.17. The van der Waals surface area contributed by atoms with Gasteiger partial charge >= 0.3 is 4.87 Å². The van der Waals surface area contributed by atoms with Gasteiger partial charge in [-0.15, -0.1) is 10.2 Å². The first-order valence-electron chi connectivity index (χ1n) is 9.39. The van der Waals surface area contributed by atoms with Crippen LogP contribution < -0.4 is 4.87 Å². The van der Waals surface area contributed by atoms with Gasteiger partial charge in [-0.1, -0.05) is 59.5 Å². The van der Waals surface area contributed by atoms with E-state index in [0.717, 1.165) is 38.2 Å². The first-order valence-corrected chi connectivity index (χ1v) is 11.2. The molecular formula is C22H17N5OS2. The molecule has 0 saturated carbocycles. The first kappa shape index (κ1) is 18.8. The fourth-order valence-electron chi connectivity index (χ4n) is 3.27. The molecular weight excluding hydrogens is 414 g/mol. The summed E-state index contributed by atoms with van der Waals surface area (Å²) in [6.07, 6.45) is 3.62. The smallest absolute Gasteiger partial charge is 0.291 e. The lowest BCUT2D eigenvalue weighted by molar-refractivity contribution is 0.726. The van der Waals surface area contributed by atoms with Crippen LogP contribution in [0.4, 0.5) is 0 Å². The van der Waals surface area contributed by atoms with Crippen molar-refractivity contribution in [3.63, 3.8) is 0 Å². The Kier molecular flexibility index (Phi) is 5.17. The Balaban J connectivity index is 1.54. The van der Waals surface area contributed by atoms with E-state index < -0.39 is 0 Å². The first-order chi connectivity index (χ1) is 14.8. The van der Waals surface area contributed by atoms with Crippen LogP contribution in [0.5, 0.6) is 0 Å². The molecule has 0 aliphatic heterocycles. The number of benzene rings is 2. The van der Waals surface area contributed by atoms with Gasteiger partial charge in [0.25, 0.3) is 0 Å². The van der Waals surface area contributed by atoms with E-state index in [4.69, 9.17) is 0 Å². The van der Waals surface area contributed by atoms with Crippen LogP contribution in [0, 0.1) is 0 Å². The van der Waals surface area contributed by atoms with Gasteiger partial charge in [0.1, 0.15) is 0 Å². The van der Waals surface area contributed by atoms with E-state index in [0.29, 0.717) is 6.54 Å². The summed E-state index contributed by atoms with van der Waals surface area (Å²) in [4.78, 5) is 16.8. The van der Waals surface area contributed by atoms with E-state index in [1.807, 2.05) is 77.5 Å². The fourth-order valence-corrected chi connectivity index (χ4v) is 5.06. The maximum Gasteiger partial charge on any atom is 0.308 e. The third kappa shape index (κ3) is 3.67. The lowest BCUT2D eigenvalue weighted by Crippen LogP contribution is -2.16. The van der Waals surface area contributed by atoms with Crippen LogP contribution in [-0.2, 0) is 12.3 Å². The van der Waals surface area contributed by atoms with Crippen LogP contribution in [0.1, 0.15) is 11.4 Å². The molecule has 3 aromatic heterocycles. The molecule has 6 nitrogen and oxygen atoms in total. The van der Waals surface area contributed by atoms with Gasteiger partial charge in [0, 0.05) is 23.8 Å². The highest BCUT2D eigenvalue weighted by molar-refractivity contribution is 7.98. The van der Waals surface area contributed by atoms with Crippen molar-refractivity contribution in [1.29, 1.82) is 0 Å². The molecule has 30 heavy (non-hydrogen) atoms. The summed E-state index contributed by atoms with van der Waals surface area (Å²) < 4.78 is 4.76. The lowest BCUT2D eigenvalue weighted by Gasteiger charge is -2.11. The average molecular weight is 432 g/mol. The number of thioether (sulfide) groups is 1. The van der Waals surface area contributed by atoms with Crippen molar-refractivity contribution < 1.29 is 0 Å². The number of para-hydroxylation sites is 2. The second-order valence-electron chi connectivity index (χ2n) is 6.64. The molecule has 0 aliphatic carbocycles. The highest BCUT2D eigenvalue weighted by atomic mass is 32.2. The minimum absolute atomic E-state index is 0.00312. The molecule has 0 bridgehead atoms. The SMILES string of the molecule is O=c1sc2ccccc2n1Cc1nnc(SCc2cccnc2)n1-c1ccccc1. The second-order valence-corrected chi connectivity index (χ2v) is 8.58. The number of nitrogens with zero attached hydrogens (tertiary/aromatic N) is 5. The predicted molar refractivity (Wildman–Crippen MR) is 120 cm³/mol.